The average Bonchev–Trinajstić information content (AvgIpc) is 2.73. The van der Waals surface area contributed by atoms with Gasteiger partial charge in [-0.15, -0.1) is 0 Å². The molecular formula is C13H24N2O2. The lowest BCUT2D eigenvalue weighted by Gasteiger charge is -2.44. The van der Waals surface area contributed by atoms with Gasteiger partial charge in [0.05, 0.1) is 6.61 Å². The van der Waals surface area contributed by atoms with Crippen molar-refractivity contribution in [3.05, 3.63) is 0 Å². The summed E-state index contributed by atoms with van der Waals surface area (Å²) in [6.45, 7) is 5.01. The molecule has 1 saturated heterocycles. The van der Waals surface area contributed by atoms with Gasteiger partial charge in [0, 0.05) is 18.1 Å². The Balaban J connectivity index is 2.26. The van der Waals surface area contributed by atoms with Crippen LogP contribution in [0.4, 0.5) is 0 Å². The summed E-state index contributed by atoms with van der Waals surface area (Å²) in [6, 6.07) is 0.0987. The second kappa shape index (κ2) is 4.94. The largest absolute Gasteiger partial charge is 0.394 e. The highest BCUT2D eigenvalue weighted by Crippen LogP contribution is 2.33. The molecule has 4 heteroatoms. The lowest BCUT2D eigenvalue weighted by atomic mass is 9.93. The molecule has 2 fully saturated rings. The molecule has 2 aliphatic rings. The zero-order chi connectivity index (χ0) is 12.5. The summed E-state index contributed by atoms with van der Waals surface area (Å²) in [6.07, 6.45) is 5.76. The average molecular weight is 240 g/mol. The predicted octanol–water partition coefficient (Wildman–Crippen LogP) is 0.890. The summed E-state index contributed by atoms with van der Waals surface area (Å²) in [4.78, 5) is 14.3. The number of hydrogen-bond donors (Lipinski definition) is 2. The molecule has 2 rings (SSSR count). The second-order valence-electron chi connectivity index (χ2n) is 5.90. The topological polar surface area (TPSA) is 52.6 Å². The zero-order valence-electron chi connectivity index (χ0n) is 10.9. The number of amides is 1. The molecule has 2 N–H and O–H groups in total. The van der Waals surface area contributed by atoms with Crippen LogP contribution >= 0.6 is 0 Å². The number of aliphatic hydroxyl groups excluding tert-OH is 1. The number of aliphatic hydroxyl groups is 1. The van der Waals surface area contributed by atoms with E-state index in [0.717, 1.165) is 19.3 Å². The van der Waals surface area contributed by atoms with Gasteiger partial charge < -0.3 is 10.4 Å². The van der Waals surface area contributed by atoms with Crippen LogP contribution in [0.5, 0.6) is 0 Å². The van der Waals surface area contributed by atoms with Crippen molar-refractivity contribution in [2.24, 2.45) is 0 Å². The molecule has 0 aromatic heterocycles. The summed E-state index contributed by atoms with van der Waals surface area (Å²) in [7, 11) is 0. The SMILES string of the molecule is CC1(C)CCNC(=O)C(CO)N1C1CCCC1. The summed E-state index contributed by atoms with van der Waals surface area (Å²) >= 11 is 0. The van der Waals surface area contributed by atoms with Crippen LogP contribution in [0.1, 0.15) is 46.0 Å². The minimum Gasteiger partial charge on any atom is -0.394 e. The third-order valence-electron chi connectivity index (χ3n) is 4.26. The van der Waals surface area contributed by atoms with Gasteiger partial charge in [0.2, 0.25) is 5.91 Å². The Kier molecular flexibility index (Phi) is 3.73. The van der Waals surface area contributed by atoms with Gasteiger partial charge in [-0.1, -0.05) is 12.8 Å². The zero-order valence-corrected chi connectivity index (χ0v) is 10.9. The number of rotatable bonds is 2. The summed E-state index contributed by atoms with van der Waals surface area (Å²) in [5, 5.41) is 12.5. The third-order valence-corrected chi connectivity index (χ3v) is 4.26. The van der Waals surface area contributed by atoms with Crippen molar-refractivity contribution in [1.82, 2.24) is 10.2 Å². The van der Waals surface area contributed by atoms with E-state index in [9.17, 15) is 9.90 Å². The predicted molar refractivity (Wildman–Crippen MR) is 66.7 cm³/mol. The van der Waals surface area contributed by atoms with Gasteiger partial charge in [-0.3, -0.25) is 9.69 Å². The van der Waals surface area contributed by atoms with E-state index in [-0.39, 0.29) is 24.1 Å². The molecule has 0 aromatic rings. The molecule has 1 aliphatic heterocycles. The number of hydrogen-bond acceptors (Lipinski definition) is 3. The Morgan fingerprint density at radius 3 is 2.65 bits per heavy atom. The highest BCUT2D eigenvalue weighted by Gasteiger charge is 2.42. The van der Waals surface area contributed by atoms with Gasteiger partial charge in [-0.05, 0) is 33.1 Å². The Bertz CT molecular complexity index is 285. The van der Waals surface area contributed by atoms with E-state index in [1.165, 1.54) is 12.8 Å². The van der Waals surface area contributed by atoms with Crippen LogP contribution in [0.25, 0.3) is 0 Å². The van der Waals surface area contributed by atoms with E-state index >= 15 is 0 Å². The second-order valence-corrected chi connectivity index (χ2v) is 5.90. The molecule has 1 saturated carbocycles. The molecule has 1 amide bonds. The quantitative estimate of drug-likeness (QED) is 0.753. The first kappa shape index (κ1) is 12.8. The maximum absolute atomic E-state index is 12.0. The van der Waals surface area contributed by atoms with Crippen LogP contribution in [0.15, 0.2) is 0 Å². The fourth-order valence-corrected chi connectivity index (χ4v) is 3.39. The number of nitrogens with zero attached hydrogens (tertiary/aromatic N) is 1. The monoisotopic (exact) mass is 240 g/mol. The van der Waals surface area contributed by atoms with Crippen LogP contribution in [0, 0.1) is 0 Å². The fourth-order valence-electron chi connectivity index (χ4n) is 3.39. The van der Waals surface area contributed by atoms with Gasteiger partial charge in [0.1, 0.15) is 6.04 Å². The van der Waals surface area contributed by atoms with Gasteiger partial charge in [0.15, 0.2) is 0 Å². The molecule has 1 atom stereocenters. The molecule has 1 aliphatic carbocycles. The molecule has 98 valence electrons. The minimum atomic E-state index is -0.365. The van der Waals surface area contributed by atoms with Crippen molar-refractivity contribution < 1.29 is 9.90 Å². The Morgan fingerprint density at radius 1 is 1.41 bits per heavy atom. The summed E-state index contributed by atoms with van der Waals surface area (Å²) < 4.78 is 0. The van der Waals surface area contributed by atoms with Crippen molar-refractivity contribution in [3.63, 3.8) is 0 Å². The van der Waals surface area contributed by atoms with Crippen LogP contribution in [0.3, 0.4) is 0 Å². The smallest absolute Gasteiger partial charge is 0.239 e. The van der Waals surface area contributed by atoms with E-state index in [4.69, 9.17) is 0 Å². The normalized spacial score (nSPS) is 31.2. The number of carbonyl (C=O) groups excluding carboxylic acids is 1. The van der Waals surface area contributed by atoms with Gasteiger partial charge in [-0.2, -0.15) is 0 Å². The number of nitrogens with one attached hydrogen (secondary N) is 1. The lowest BCUT2D eigenvalue weighted by Crippen LogP contribution is -2.57. The van der Waals surface area contributed by atoms with Crippen LogP contribution in [0.2, 0.25) is 0 Å². The third kappa shape index (κ3) is 2.47. The Labute approximate surface area is 103 Å². The highest BCUT2D eigenvalue weighted by atomic mass is 16.3. The van der Waals surface area contributed by atoms with E-state index in [1.54, 1.807) is 0 Å². The van der Waals surface area contributed by atoms with E-state index < -0.39 is 0 Å². The highest BCUT2D eigenvalue weighted by molar-refractivity contribution is 5.82. The number of carbonyl (C=O) groups is 1. The molecular weight excluding hydrogens is 216 g/mol. The van der Waals surface area contributed by atoms with E-state index in [2.05, 4.69) is 24.1 Å². The Hall–Kier alpha value is -0.610. The molecule has 0 radical (unpaired) electrons. The van der Waals surface area contributed by atoms with Crippen molar-refractivity contribution >= 4 is 5.91 Å². The molecule has 0 aromatic carbocycles. The first-order valence-electron chi connectivity index (χ1n) is 6.73. The molecule has 1 unspecified atom stereocenters. The van der Waals surface area contributed by atoms with Crippen LogP contribution < -0.4 is 5.32 Å². The van der Waals surface area contributed by atoms with E-state index in [1.807, 2.05) is 0 Å². The van der Waals surface area contributed by atoms with Crippen molar-refractivity contribution in [2.75, 3.05) is 13.2 Å². The molecule has 17 heavy (non-hydrogen) atoms. The summed E-state index contributed by atoms with van der Waals surface area (Å²) in [5.74, 6) is -0.00928. The summed E-state index contributed by atoms with van der Waals surface area (Å²) in [5.41, 5.74) is -0.0123. The first-order chi connectivity index (χ1) is 8.06. The fraction of sp³-hybridized carbons (Fsp3) is 0.923. The standard InChI is InChI=1S/C13H24N2O2/c1-13(2)7-8-14-12(17)11(9-16)15(13)10-5-3-4-6-10/h10-11,16H,3-9H2,1-2H3,(H,14,17). The maximum Gasteiger partial charge on any atom is 0.239 e. The van der Waals surface area contributed by atoms with Crippen molar-refractivity contribution in [1.29, 1.82) is 0 Å². The Morgan fingerprint density at radius 2 is 2.06 bits per heavy atom. The van der Waals surface area contributed by atoms with E-state index in [0.29, 0.717) is 12.6 Å². The van der Waals surface area contributed by atoms with Crippen LogP contribution in [-0.2, 0) is 4.79 Å². The lowest BCUT2D eigenvalue weighted by molar-refractivity contribution is -0.130. The van der Waals surface area contributed by atoms with Crippen molar-refractivity contribution in [3.8, 4) is 0 Å². The first-order valence-corrected chi connectivity index (χ1v) is 6.73. The van der Waals surface area contributed by atoms with Crippen molar-refractivity contribution in [2.45, 2.75) is 63.6 Å². The van der Waals surface area contributed by atoms with Gasteiger partial charge in [0.25, 0.3) is 0 Å². The van der Waals surface area contributed by atoms with Gasteiger partial charge in [-0.25, -0.2) is 0 Å². The molecule has 1 heterocycles. The molecule has 0 spiro atoms. The minimum absolute atomic E-state index is 0.00928. The van der Waals surface area contributed by atoms with Gasteiger partial charge >= 0.3 is 0 Å². The molecule has 4 nitrogen and oxygen atoms in total. The molecule has 0 bridgehead atoms. The maximum atomic E-state index is 12.0. The van der Waals surface area contributed by atoms with Crippen LogP contribution in [-0.4, -0.2) is 46.7 Å².